The molecule has 0 aromatic heterocycles. The van der Waals surface area contributed by atoms with Crippen LogP contribution in [0.3, 0.4) is 0 Å². The van der Waals surface area contributed by atoms with Gasteiger partial charge in [-0.25, -0.2) is 0 Å². The van der Waals surface area contributed by atoms with E-state index in [1.54, 1.807) is 0 Å². The van der Waals surface area contributed by atoms with Gasteiger partial charge in [-0.3, -0.25) is 15.5 Å². The fourth-order valence-corrected chi connectivity index (χ4v) is 1.39. The first kappa shape index (κ1) is 7.35. The molecule has 66 valence electrons. The molecule has 2 aliphatic rings. The molecule has 1 unspecified atom stereocenters. The molecule has 0 radical (unpaired) electrons. The van der Waals surface area contributed by atoms with Crippen LogP contribution in [0.1, 0.15) is 0 Å². The summed E-state index contributed by atoms with van der Waals surface area (Å²) in [6.07, 6.45) is 0. The Bertz CT molecular complexity index is 238. The van der Waals surface area contributed by atoms with Crippen LogP contribution < -0.4 is 16.5 Å². The highest BCUT2D eigenvalue weighted by atomic mass is 16.1. The van der Waals surface area contributed by atoms with Crippen molar-refractivity contribution in [2.24, 2.45) is 10.8 Å². The second kappa shape index (κ2) is 2.63. The molecule has 0 saturated carbocycles. The van der Waals surface area contributed by atoms with E-state index < -0.39 is 0 Å². The molecule has 6 nitrogen and oxygen atoms in total. The lowest BCUT2D eigenvalue weighted by Gasteiger charge is -2.29. The number of hydrogen-bond acceptors (Lipinski definition) is 5. The van der Waals surface area contributed by atoms with Crippen molar-refractivity contribution >= 4 is 11.7 Å². The Labute approximate surface area is 69.8 Å². The number of primary amides is 1. The smallest absolute Gasteiger partial charge is 0.236 e. The van der Waals surface area contributed by atoms with E-state index in [0.29, 0.717) is 19.8 Å². The number of hydrazone groups is 1. The monoisotopic (exact) mass is 169 g/mol. The van der Waals surface area contributed by atoms with Gasteiger partial charge in [0.05, 0.1) is 6.54 Å². The van der Waals surface area contributed by atoms with Crippen LogP contribution in [0, 0.1) is 0 Å². The highest BCUT2D eigenvalue weighted by Gasteiger charge is 2.28. The predicted molar refractivity (Wildman–Crippen MR) is 43.1 cm³/mol. The van der Waals surface area contributed by atoms with Gasteiger partial charge < -0.3 is 10.6 Å². The topological polar surface area (TPSA) is 82.8 Å². The number of fused-ring (bicyclic) bond motifs is 1. The normalized spacial score (nSPS) is 27.5. The molecule has 2 aliphatic heterocycles. The summed E-state index contributed by atoms with van der Waals surface area (Å²) in [5.41, 5.74) is 8.01. The second-order valence-electron chi connectivity index (χ2n) is 2.90. The third-order valence-corrected chi connectivity index (χ3v) is 2.09. The molecule has 0 aromatic rings. The number of nitrogens with zero attached hydrogens (tertiary/aromatic N) is 2. The second-order valence-corrected chi connectivity index (χ2v) is 2.90. The first-order valence-electron chi connectivity index (χ1n) is 3.84. The van der Waals surface area contributed by atoms with Crippen LogP contribution in [0.2, 0.25) is 0 Å². The fraction of sp³-hybridized carbons (Fsp3) is 0.667. The van der Waals surface area contributed by atoms with Crippen LogP contribution >= 0.6 is 0 Å². The maximum atomic E-state index is 10.8. The molecule has 2 heterocycles. The van der Waals surface area contributed by atoms with Gasteiger partial charge >= 0.3 is 0 Å². The van der Waals surface area contributed by atoms with E-state index in [0.717, 1.165) is 5.84 Å². The molecule has 6 heteroatoms. The van der Waals surface area contributed by atoms with Gasteiger partial charge in [0.2, 0.25) is 5.91 Å². The van der Waals surface area contributed by atoms with Crippen LogP contribution in [-0.2, 0) is 4.79 Å². The van der Waals surface area contributed by atoms with Gasteiger partial charge in [-0.15, -0.1) is 0 Å². The summed E-state index contributed by atoms with van der Waals surface area (Å²) in [5, 5.41) is 7.03. The lowest BCUT2D eigenvalue weighted by molar-refractivity contribution is -0.120. The number of amides is 1. The molecular weight excluding hydrogens is 158 g/mol. The van der Waals surface area contributed by atoms with Gasteiger partial charge in [0, 0.05) is 6.54 Å². The average molecular weight is 169 g/mol. The molecule has 1 fully saturated rings. The Hall–Kier alpha value is -1.30. The Morgan fingerprint density at radius 1 is 1.75 bits per heavy atom. The number of amidine groups is 1. The molecule has 0 aromatic carbocycles. The highest BCUT2D eigenvalue weighted by molar-refractivity contribution is 5.89. The third kappa shape index (κ3) is 1.10. The maximum absolute atomic E-state index is 10.8. The maximum Gasteiger partial charge on any atom is 0.236 e. The average Bonchev–Trinajstić information content (AvgIpc) is 2.49. The Balaban J connectivity index is 2.03. The Kier molecular flexibility index (Phi) is 1.61. The minimum atomic E-state index is -0.305. The molecule has 0 spiro atoms. The lowest BCUT2D eigenvalue weighted by Crippen LogP contribution is -2.57. The van der Waals surface area contributed by atoms with Crippen molar-refractivity contribution < 1.29 is 4.79 Å². The number of carbonyl (C=O) groups is 1. The molecule has 12 heavy (non-hydrogen) atoms. The van der Waals surface area contributed by atoms with Crippen molar-refractivity contribution in [3.63, 3.8) is 0 Å². The summed E-state index contributed by atoms with van der Waals surface area (Å²) in [5.74, 6) is 0.647. The molecule has 1 atom stereocenters. The summed E-state index contributed by atoms with van der Waals surface area (Å²) in [6.45, 7) is 1.91. The van der Waals surface area contributed by atoms with Gasteiger partial charge in [-0.1, -0.05) is 0 Å². The molecule has 0 bridgehead atoms. The van der Waals surface area contributed by atoms with Crippen LogP contribution in [0.15, 0.2) is 5.10 Å². The van der Waals surface area contributed by atoms with E-state index in [-0.39, 0.29) is 11.9 Å². The van der Waals surface area contributed by atoms with Crippen molar-refractivity contribution in [3.05, 3.63) is 0 Å². The standard InChI is InChI=1S/C6H11N5O/c7-6(12)4-2-11-3-9-10-5(11)1-8-4/h4,8-9H,1-3H2,(H2,7,12). The molecule has 2 rings (SSSR count). The van der Waals surface area contributed by atoms with Crippen LogP contribution in [-0.4, -0.2) is 42.4 Å². The summed E-state index contributed by atoms with van der Waals surface area (Å²) in [4.78, 5) is 12.8. The van der Waals surface area contributed by atoms with Crippen molar-refractivity contribution in [1.82, 2.24) is 15.6 Å². The molecular formula is C6H11N5O. The number of nitrogens with one attached hydrogen (secondary N) is 2. The molecule has 0 aliphatic carbocycles. The van der Waals surface area contributed by atoms with E-state index in [4.69, 9.17) is 5.73 Å². The van der Waals surface area contributed by atoms with E-state index in [1.165, 1.54) is 0 Å². The zero-order valence-corrected chi connectivity index (χ0v) is 6.58. The van der Waals surface area contributed by atoms with E-state index >= 15 is 0 Å². The minimum absolute atomic E-state index is 0.246. The molecule has 4 N–H and O–H groups in total. The predicted octanol–water partition coefficient (Wildman–Crippen LogP) is -2.38. The largest absolute Gasteiger partial charge is 0.368 e. The zero-order chi connectivity index (χ0) is 8.55. The summed E-state index contributed by atoms with van der Waals surface area (Å²) in [7, 11) is 0. The number of carbonyl (C=O) groups excluding carboxylic acids is 1. The summed E-state index contributed by atoms with van der Waals surface area (Å²) >= 11 is 0. The van der Waals surface area contributed by atoms with Crippen LogP contribution in [0.4, 0.5) is 0 Å². The SMILES string of the molecule is NC(=O)C1CN2CNN=C2CN1. The van der Waals surface area contributed by atoms with Crippen molar-refractivity contribution in [1.29, 1.82) is 0 Å². The molecule has 1 saturated heterocycles. The quantitative estimate of drug-likeness (QED) is 0.409. The van der Waals surface area contributed by atoms with Crippen molar-refractivity contribution in [2.75, 3.05) is 19.8 Å². The van der Waals surface area contributed by atoms with Gasteiger partial charge in [-0.2, -0.15) is 5.10 Å². The van der Waals surface area contributed by atoms with Gasteiger partial charge in [0.25, 0.3) is 0 Å². The lowest BCUT2D eigenvalue weighted by atomic mass is 10.2. The summed E-state index contributed by atoms with van der Waals surface area (Å²) < 4.78 is 0. The molecule has 1 amide bonds. The van der Waals surface area contributed by atoms with Crippen LogP contribution in [0.5, 0.6) is 0 Å². The van der Waals surface area contributed by atoms with Crippen molar-refractivity contribution in [3.8, 4) is 0 Å². The van der Waals surface area contributed by atoms with Gasteiger partial charge in [0.1, 0.15) is 18.5 Å². The van der Waals surface area contributed by atoms with E-state index in [1.807, 2.05) is 4.90 Å². The number of piperazine rings is 1. The number of rotatable bonds is 1. The third-order valence-electron chi connectivity index (χ3n) is 2.09. The zero-order valence-electron chi connectivity index (χ0n) is 6.58. The van der Waals surface area contributed by atoms with E-state index in [2.05, 4.69) is 15.8 Å². The Morgan fingerprint density at radius 3 is 3.33 bits per heavy atom. The van der Waals surface area contributed by atoms with Crippen LogP contribution in [0.25, 0.3) is 0 Å². The van der Waals surface area contributed by atoms with E-state index in [9.17, 15) is 4.79 Å². The highest BCUT2D eigenvalue weighted by Crippen LogP contribution is 2.03. The fourth-order valence-electron chi connectivity index (χ4n) is 1.39. The number of hydrogen-bond donors (Lipinski definition) is 3. The van der Waals surface area contributed by atoms with Gasteiger partial charge in [0.15, 0.2) is 0 Å². The Morgan fingerprint density at radius 2 is 2.58 bits per heavy atom. The summed E-state index contributed by atoms with van der Waals surface area (Å²) in [6, 6.07) is -0.246. The first-order valence-corrected chi connectivity index (χ1v) is 3.84. The van der Waals surface area contributed by atoms with Gasteiger partial charge in [-0.05, 0) is 0 Å². The first-order chi connectivity index (χ1) is 5.77. The van der Waals surface area contributed by atoms with Crippen molar-refractivity contribution in [2.45, 2.75) is 6.04 Å². The minimum Gasteiger partial charge on any atom is -0.368 e. The number of nitrogens with two attached hydrogens (primary N) is 1.